The van der Waals surface area contributed by atoms with Gasteiger partial charge in [-0.05, 0) is 52.2 Å². The zero-order chi connectivity index (χ0) is 21.4. The van der Waals surface area contributed by atoms with Crippen LogP contribution >= 0.6 is 0 Å². The minimum absolute atomic E-state index is 0.151. The minimum atomic E-state index is -1.51. The average Bonchev–Trinajstić information content (AvgIpc) is 2.62. The molecule has 29 heavy (non-hydrogen) atoms. The molecule has 0 saturated heterocycles. The Morgan fingerprint density at radius 3 is 2.45 bits per heavy atom. The van der Waals surface area contributed by atoms with Crippen molar-refractivity contribution in [3.63, 3.8) is 0 Å². The summed E-state index contributed by atoms with van der Waals surface area (Å²) in [7, 11) is 0. The van der Waals surface area contributed by atoms with Gasteiger partial charge in [0.25, 0.3) is 5.91 Å². The quantitative estimate of drug-likeness (QED) is 0.538. The first-order valence-electron chi connectivity index (χ1n) is 9.68. The highest BCUT2D eigenvalue weighted by Gasteiger charge is 2.29. The van der Waals surface area contributed by atoms with Gasteiger partial charge in [-0.3, -0.25) is 9.59 Å². The summed E-state index contributed by atoms with van der Waals surface area (Å²) in [4.78, 5) is 36.8. The second kappa shape index (κ2) is 10.1. The van der Waals surface area contributed by atoms with Crippen molar-refractivity contribution in [2.45, 2.75) is 64.2 Å². The van der Waals surface area contributed by atoms with Gasteiger partial charge >= 0.3 is 6.09 Å². The first kappa shape index (κ1) is 22.4. The molecule has 8 heteroatoms. The molecule has 2 atom stereocenters. The molecular weight excluding hydrogens is 374 g/mol. The van der Waals surface area contributed by atoms with Crippen LogP contribution in [0.15, 0.2) is 36.4 Å². The van der Waals surface area contributed by atoms with E-state index in [1.54, 1.807) is 51.1 Å². The van der Waals surface area contributed by atoms with E-state index in [0.29, 0.717) is 30.6 Å². The summed E-state index contributed by atoms with van der Waals surface area (Å²) in [6.07, 6.45) is 3.31. The van der Waals surface area contributed by atoms with Crippen molar-refractivity contribution in [3.8, 4) is 0 Å². The number of amides is 3. The zero-order valence-electron chi connectivity index (χ0n) is 17.0. The summed E-state index contributed by atoms with van der Waals surface area (Å²) in [5.74, 6) is -0.847. The number of hydrogen-bond acceptors (Lipinski definition) is 5. The molecule has 1 aliphatic rings. The molecule has 0 spiro atoms. The fourth-order valence-electron chi connectivity index (χ4n) is 2.77. The minimum Gasteiger partial charge on any atom is -0.444 e. The highest BCUT2D eigenvalue weighted by molar-refractivity contribution is 6.01. The van der Waals surface area contributed by atoms with Gasteiger partial charge in [0.1, 0.15) is 5.60 Å². The van der Waals surface area contributed by atoms with E-state index < -0.39 is 29.7 Å². The van der Waals surface area contributed by atoms with Crippen LogP contribution in [0.1, 0.15) is 46.5 Å². The maximum atomic E-state index is 12.6. The third-order valence-electron chi connectivity index (χ3n) is 4.14. The van der Waals surface area contributed by atoms with Crippen LogP contribution in [0.3, 0.4) is 0 Å². The summed E-state index contributed by atoms with van der Waals surface area (Å²) in [5.41, 5.74) is 0.113. The van der Waals surface area contributed by atoms with Crippen molar-refractivity contribution in [1.82, 2.24) is 5.32 Å². The largest absolute Gasteiger partial charge is 0.444 e. The molecule has 4 N–H and O–H groups in total. The number of carbonyl (C=O) groups excluding carboxylic acids is 3. The van der Waals surface area contributed by atoms with Crippen molar-refractivity contribution in [1.29, 1.82) is 0 Å². The summed E-state index contributed by atoms with van der Waals surface area (Å²) < 4.78 is 5.24. The Morgan fingerprint density at radius 2 is 1.79 bits per heavy atom. The summed E-state index contributed by atoms with van der Waals surface area (Å²) in [6, 6.07) is 5.87. The van der Waals surface area contributed by atoms with E-state index in [-0.39, 0.29) is 12.3 Å². The molecule has 0 saturated carbocycles. The van der Waals surface area contributed by atoms with Gasteiger partial charge < -0.3 is 25.8 Å². The van der Waals surface area contributed by atoms with Gasteiger partial charge in [-0.2, -0.15) is 0 Å². The first-order chi connectivity index (χ1) is 13.7. The van der Waals surface area contributed by atoms with E-state index in [0.717, 1.165) is 0 Å². The number of anilines is 2. The van der Waals surface area contributed by atoms with Gasteiger partial charge in [0.15, 0.2) is 6.10 Å². The van der Waals surface area contributed by atoms with Crippen molar-refractivity contribution >= 4 is 29.3 Å². The van der Waals surface area contributed by atoms with E-state index in [9.17, 15) is 19.5 Å². The normalized spacial score (nSPS) is 22.3. The number of nitrogens with one attached hydrogen (secondary N) is 3. The Balaban J connectivity index is 2.22. The van der Waals surface area contributed by atoms with Gasteiger partial charge in [0.2, 0.25) is 5.91 Å². The number of para-hydroxylation sites is 2. The van der Waals surface area contributed by atoms with E-state index in [1.165, 1.54) is 0 Å². The van der Waals surface area contributed by atoms with Crippen LogP contribution in [0, 0.1) is 0 Å². The van der Waals surface area contributed by atoms with Crippen molar-refractivity contribution in [2.24, 2.45) is 0 Å². The molecule has 1 aliphatic heterocycles. The summed E-state index contributed by atoms with van der Waals surface area (Å²) in [5, 5.41) is 18.5. The number of benzene rings is 1. The number of rotatable bonds is 1. The molecule has 2 rings (SSSR count). The number of ether oxygens (including phenoxy) is 1. The van der Waals surface area contributed by atoms with Crippen LogP contribution in [-0.2, 0) is 14.3 Å². The van der Waals surface area contributed by atoms with E-state index in [4.69, 9.17) is 4.74 Å². The number of aliphatic hydroxyl groups is 1. The van der Waals surface area contributed by atoms with Crippen LogP contribution in [0.25, 0.3) is 0 Å². The molecule has 2 unspecified atom stereocenters. The standard InChI is InChI=1S/C21H29N3O5/c1-21(2,3)29-20(28)24-16-12-6-4-5-7-13-17(25)22-14-10-8-9-11-15(14)23-19(27)18(16)26/h4,6,8-11,16,18,26H,5,7,12-13H2,1-3H3,(H,22,25)(H,23,27)(H,24,28)/b6-4-. The predicted molar refractivity (Wildman–Crippen MR) is 110 cm³/mol. The van der Waals surface area contributed by atoms with Crippen molar-refractivity contribution in [2.75, 3.05) is 10.6 Å². The molecule has 1 aromatic carbocycles. The van der Waals surface area contributed by atoms with E-state index in [1.807, 2.05) is 6.08 Å². The fraction of sp³-hybridized carbons (Fsp3) is 0.476. The Kier molecular flexibility index (Phi) is 7.78. The molecule has 158 valence electrons. The number of carbonyl (C=O) groups is 3. The van der Waals surface area contributed by atoms with Crippen molar-refractivity contribution < 1.29 is 24.2 Å². The maximum Gasteiger partial charge on any atom is 0.407 e. The monoisotopic (exact) mass is 403 g/mol. The van der Waals surface area contributed by atoms with E-state index in [2.05, 4.69) is 16.0 Å². The zero-order valence-corrected chi connectivity index (χ0v) is 17.0. The Labute approximate surface area is 170 Å². The lowest BCUT2D eigenvalue weighted by molar-refractivity contribution is -0.125. The van der Waals surface area contributed by atoms with E-state index >= 15 is 0 Å². The van der Waals surface area contributed by atoms with Crippen LogP contribution in [0.5, 0.6) is 0 Å². The number of fused-ring (bicyclic) bond motifs is 1. The molecule has 0 aromatic heterocycles. The molecule has 3 amide bonds. The van der Waals surface area contributed by atoms with Gasteiger partial charge in [-0.1, -0.05) is 24.3 Å². The van der Waals surface area contributed by atoms with Gasteiger partial charge in [-0.25, -0.2) is 4.79 Å². The van der Waals surface area contributed by atoms with Gasteiger partial charge in [0, 0.05) is 6.42 Å². The van der Waals surface area contributed by atoms with Crippen molar-refractivity contribution in [3.05, 3.63) is 36.4 Å². The molecular formula is C21H29N3O5. The maximum absolute atomic E-state index is 12.6. The lowest BCUT2D eigenvalue weighted by Crippen LogP contribution is -2.49. The third kappa shape index (κ3) is 7.57. The molecule has 0 bridgehead atoms. The average molecular weight is 403 g/mol. The van der Waals surface area contributed by atoms with Gasteiger partial charge in [0.05, 0.1) is 17.4 Å². The third-order valence-corrected chi connectivity index (χ3v) is 4.14. The highest BCUT2D eigenvalue weighted by atomic mass is 16.6. The highest BCUT2D eigenvalue weighted by Crippen LogP contribution is 2.22. The molecule has 1 aromatic rings. The Hall–Kier alpha value is -2.87. The summed E-state index contributed by atoms with van der Waals surface area (Å²) >= 11 is 0. The predicted octanol–water partition coefficient (Wildman–Crippen LogP) is 2.95. The topological polar surface area (TPSA) is 117 Å². The smallest absolute Gasteiger partial charge is 0.407 e. The second-order valence-electron chi connectivity index (χ2n) is 7.88. The number of aliphatic hydroxyl groups excluding tert-OH is 1. The number of allylic oxidation sites excluding steroid dienone is 1. The van der Waals surface area contributed by atoms with Crippen LogP contribution in [0.4, 0.5) is 16.2 Å². The summed E-state index contributed by atoms with van der Waals surface area (Å²) in [6.45, 7) is 5.19. The SMILES string of the molecule is CC(C)(C)OC(=O)NC1C/C=C\CCCC(=O)Nc2ccccc2NC(=O)C1O. The van der Waals surface area contributed by atoms with Crippen LogP contribution in [0.2, 0.25) is 0 Å². The number of hydrogen-bond donors (Lipinski definition) is 4. The lowest BCUT2D eigenvalue weighted by atomic mass is 10.1. The van der Waals surface area contributed by atoms with Crippen LogP contribution in [-0.4, -0.2) is 40.8 Å². The molecule has 8 nitrogen and oxygen atoms in total. The molecule has 0 radical (unpaired) electrons. The molecule has 0 fully saturated rings. The van der Waals surface area contributed by atoms with Crippen LogP contribution < -0.4 is 16.0 Å². The Bertz CT molecular complexity index is 770. The number of alkyl carbamates (subject to hydrolysis) is 1. The molecule has 0 aliphatic carbocycles. The second-order valence-corrected chi connectivity index (χ2v) is 7.88. The molecule has 1 heterocycles. The lowest BCUT2D eigenvalue weighted by Gasteiger charge is -2.26. The first-order valence-corrected chi connectivity index (χ1v) is 9.68. The van der Waals surface area contributed by atoms with Gasteiger partial charge in [-0.15, -0.1) is 0 Å². The Morgan fingerprint density at radius 1 is 1.14 bits per heavy atom. The fourth-order valence-corrected chi connectivity index (χ4v) is 2.77.